The molecule has 2 aromatic heterocycles. The Labute approximate surface area is 160 Å². The van der Waals surface area contributed by atoms with Crippen LogP contribution in [0.25, 0.3) is 10.9 Å². The van der Waals surface area contributed by atoms with Crippen molar-refractivity contribution in [1.29, 1.82) is 5.26 Å². The van der Waals surface area contributed by atoms with E-state index in [0.717, 1.165) is 32.6 Å². The summed E-state index contributed by atoms with van der Waals surface area (Å²) in [5, 5.41) is 14.4. The van der Waals surface area contributed by atoms with E-state index in [0.29, 0.717) is 15.7 Å². The van der Waals surface area contributed by atoms with Crippen molar-refractivity contribution in [1.82, 2.24) is 9.97 Å². The van der Waals surface area contributed by atoms with Gasteiger partial charge in [0.1, 0.15) is 11.1 Å². The van der Waals surface area contributed by atoms with Crippen molar-refractivity contribution in [2.24, 2.45) is 0 Å². The Bertz CT molecular complexity index is 1030. The maximum absolute atomic E-state index is 12.2. The fraction of sp³-hybridized carbons (Fsp3) is 0.263. The summed E-state index contributed by atoms with van der Waals surface area (Å²) in [6.45, 7) is 7.92. The Kier molecular flexibility index (Phi) is 5.25. The second-order valence-corrected chi connectivity index (χ2v) is 8.27. The van der Waals surface area contributed by atoms with E-state index < -0.39 is 0 Å². The molecule has 2 heterocycles. The van der Waals surface area contributed by atoms with E-state index in [2.05, 4.69) is 27.4 Å². The number of nitrogens with zero attached hydrogens (tertiary/aromatic N) is 3. The molecule has 0 aliphatic rings. The molecular weight excluding hydrogens is 364 g/mol. The smallest absolute Gasteiger partial charge is 0.236 e. The monoisotopic (exact) mass is 382 g/mol. The number of nitriles is 1. The minimum atomic E-state index is -0.157. The van der Waals surface area contributed by atoms with E-state index in [1.54, 1.807) is 0 Å². The quantitative estimate of drug-likeness (QED) is 0.671. The van der Waals surface area contributed by atoms with Crippen LogP contribution in [0.15, 0.2) is 23.2 Å². The molecule has 0 radical (unpaired) electrons. The molecule has 0 aliphatic carbocycles. The van der Waals surface area contributed by atoms with Gasteiger partial charge >= 0.3 is 0 Å². The standard InChI is InChI=1S/C19H18N4OS2/c1-10-5-11(2)15-7-14(8-20)18(22-16(15)6-10)25-9-17(24)23-19-21-12(3)13(4)26-19/h5-7H,9H2,1-4H3,(H,21,23,24). The summed E-state index contributed by atoms with van der Waals surface area (Å²) in [4.78, 5) is 22.2. The number of hydrogen-bond acceptors (Lipinski definition) is 6. The van der Waals surface area contributed by atoms with E-state index in [-0.39, 0.29) is 11.7 Å². The molecule has 1 N–H and O–H groups in total. The van der Waals surface area contributed by atoms with E-state index in [1.165, 1.54) is 23.1 Å². The van der Waals surface area contributed by atoms with Crippen molar-refractivity contribution in [3.05, 3.63) is 45.5 Å². The third-order valence-electron chi connectivity index (χ3n) is 3.99. The number of aromatic nitrogens is 2. The lowest BCUT2D eigenvalue weighted by Gasteiger charge is -2.08. The Morgan fingerprint density at radius 1 is 1.23 bits per heavy atom. The molecule has 3 aromatic rings. The molecule has 0 saturated carbocycles. The maximum atomic E-state index is 12.2. The number of thiazole rings is 1. The van der Waals surface area contributed by atoms with Crippen molar-refractivity contribution >= 4 is 45.0 Å². The molecule has 0 spiro atoms. The zero-order chi connectivity index (χ0) is 18.8. The zero-order valence-electron chi connectivity index (χ0n) is 15.0. The third kappa shape index (κ3) is 3.87. The van der Waals surface area contributed by atoms with Gasteiger partial charge in [-0.25, -0.2) is 9.97 Å². The first kappa shape index (κ1) is 18.4. The number of benzene rings is 1. The van der Waals surface area contributed by atoms with Crippen LogP contribution in [0, 0.1) is 39.0 Å². The van der Waals surface area contributed by atoms with Gasteiger partial charge in [-0.1, -0.05) is 17.8 Å². The lowest BCUT2D eigenvalue weighted by Crippen LogP contribution is -2.14. The summed E-state index contributed by atoms with van der Waals surface area (Å²) in [5.74, 6) is 0.0188. The number of thioether (sulfide) groups is 1. The zero-order valence-corrected chi connectivity index (χ0v) is 16.6. The summed E-state index contributed by atoms with van der Waals surface area (Å²) >= 11 is 2.72. The number of anilines is 1. The molecule has 0 bridgehead atoms. The van der Waals surface area contributed by atoms with Gasteiger partial charge in [0.05, 0.1) is 22.5 Å². The summed E-state index contributed by atoms with van der Waals surface area (Å²) in [6.07, 6.45) is 0. The maximum Gasteiger partial charge on any atom is 0.236 e. The average Bonchev–Trinajstić information content (AvgIpc) is 2.89. The number of carbonyl (C=O) groups excluding carboxylic acids is 1. The number of nitrogens with one attached hydrogen (secondary N) is 1. The van der Waals surface area contributed by atoms with Gasteiger partial charge in [-0.05, 0) is 51.0 Å². The molecule has 0 saturated heterocycles. The van der Waals surface area contributed by atoms with Crippen molar-refractivity contribution in [3.8, 4) is 6.07 Å². The van der Waals surface area contributed by atoms with Crippen LogP contribution in [-0.4, -0.2) is 21.6 Å². The van der Waals surface area contributed by atoms with Crippen molar-refractivity contribution in [3.63, 3.8) is 0 Å². The Hall–Kier alpha value is -2.43. The predicted molar refractivity (Wildman–Crippen MR) is 107 cm³/mol. The molecule has 0 fully saturated rings. The summed E-state index contributed by atoms with van der Waals surface area (Å²) in [7, 11) is 0. The van der Waals surface area contributed by atoms with Crippen LogP contribution in [0.5, 0.6) is 0 Å². The number of hydrogen-bond donors (Lipinski definition) is 1. The highest BCUT2D eigenvalue weighted by Gasteiger charge is 2.13. The summed E-state index contributed by atoms with van der Waals surface area (Å²) in [5.41, 5.74) is 4.47. The minimum absolute atomic E-state index is 0.157. The van der Waals surface area contributed by atoms with Gasteiger partial charge in [0.2, 0.25) is 5.91 Å². The van der Waals surface area contributed by atoms with Crippen LogP contribution in [0.1, 0.15) is 27.3 Å². The summed E-state index contributed by atoms with van der Waals surface area (Å²) < 4.78 is 0. The first-order valence-corrected chi connectivity index (χ1v) is 9.86. The molecule has 1 aromatic carbocycles. The van der Waals surface area contributed by atoms with Crippen LogP contribution < -0.4 is 5.32 Å². The number of pyridine rings is 1. The lowest BCUT2D eigenvalue weighted by atomic mass is 10.1. The third-order valence-corrected chi connectivity index (χ3v) is 5.97. The number of rotatable bonds is 4. The van der Waals surface area contributed by atoms with Gasteiger partial charge in [-0.15, -0.1) is 11.3 Å². The van der Waals surface area contributed by atoms with Crippen LogP contribution in [0.4, 0.5) is 5.13 Å². The molecule has 3 rings (SSSR count). The molecule has 0 aliphatic heterocycles. The molecule has 7 heteroatoms. The Morgan fingerprint density at radius 3 is 2.65 bits per heavy atom. The topological polar surface area (TPSA) is 78.7 Å². The van der Waals surface area contributed by atoms with E-state index in [1.807, 2.05) is 39.8 Å². The van der Waals surface area contributed by atoms with Gasteiger partial charge in [0.25, 0.3) is 0 Å². The highest BCUT2D eigenvalue weighted by molar-refractivity contribution is 8.00. The van der Waals surface area contributed by atoms with E-state index in [9.17, 15) is 10.1 Å². The first-order valence-electron chi connectivity index (χ1n) is 8.06. The molecule has 5 nitrogen and oxygen atoms in total. The predicted octanol–water partition coefficient (Wildman–Crippen LogP) is 4.53. The largest absolute Gasteiger partial charge is 0.301 e. The Morgan fingerprint density at radius 2 is 2.00 bits per heavy atom. The number of carbonyl (C=O) groups is 1. The van der Waals surface area contributed by atoms with Gasteiger partial charge in [-0.2, -0.15) is 5.26 Å². The number of fused-ring (bicyclic) bond motifs is 1. The second-order valence-electron chi connectivity index (χ2n) is 6.10. The van der Waals surface area contributed by atoms with Gasteiger partial charge < -0.3 is 5.32 Å². The van der Waals surface area contributed by atoms with Gasteiger partial charge in [0.15, 0.2) is 5.13 Å². The molecule has 0 atom stereocenters. The van der Waals surface area contributed by atoms with Crippen LogP contribution >= 0.6 is 23.1 Å². The highest BCUT2D eigenvalue weighted by Crippen LogP contribution is 2.28. The average molecular weight is 383 g/mol. The number of aryl methyl sites for hydroxylation is 4. The van der Waals surface area contributed by atoms with E-state index >= 15 is 0 Å². The molecule has 1 amide bonds. The van der Waals surface area contributed by atoms with Gasteiger partial charge in [-0.3, -0.25) is 4.79 Å². The Balaban J connectivity index is 1.79. The molecule has 26 heavy (non-hydrogen) atoms. The van der Waals surface area contributed by atoms with Crippen LogP contribution in [0.2, 0.25) is 0 Å². The minimum Gasteiger partial charge on any atom is -0.301 e. The second kappa shape index (κ2) is 7.44. The highest BCUT2D eigenvalue weighted by atomic mass is 32.2. The SMILES string of the molecule is Cc1cc(C)c2cc(C#N)c(SCC(=O)Nc3nc(C)c(C)s3)nc2c1. The normalized spacial score (nSPS) is 10.7. The van der Waals surface area contributed by atoms with Crippen molar-refractivity contribution < 1.29 is 4.79 Å². The molecule has 132 valence electrons. The number of amides is 1. The molecule has 0 unspecified atom stereocenters. The fourth-order valence-electron chi connectivity index (χ4n) is 2.62. The lowest BCUT2D eigenvalue weighted by molar-refractivity contribution is -0.113. The van der Waals surface area contributed by atoms with Crippen LogP contribution in [0.3, 0.4) is 0 Å². The summed E-state index contributed by atoms with van der Waals surface area (Å²) in [6, 6.07) is 8.11. The fourth-order valence-corrected chi connectivity index (χ4v) is 4.21. The van der Waals surface area contributed by atoms with E-state index in [4.69, 9.17) is 0 Å². The first-order chi connectivity index (χ1) is 12.4. The van der Waals surface area contributed by atoms with Gasteiger partial charge in [0, 0.05) is 10.3 Å². The van der Waals surface area contributed by atoms with Crippen molar-refractivity contribution in [2.75, 3.05) is 11.1 Å². The molecular formula is C19H18N4OS2. The van der Waals surface area contributed by atoms with Crippen molar-refractivity contribution in [2.45, 2.75) is 32.7 Å². The van der Waals surface area contributed by atoms with Crippen LogP contribution in [-0.2, 0) is 4.79 Å².